The van der Waals surface area contributed by atoms with Crippen molar-refractivity contribution in [1.82, 2.24) is 0 Å². The maximum Gasteiger partial charge on any atom is 0.0232 e. The van der Waals surface area contributed by atoms with Crippen LogP contribution in [0.2, 0.25) is 0 Å². The van der Waals surface area contributed by atoms with E-state index >= 15 is 0 Å². The van der Waals surface area contributed by atoms with E-state index in [1.165, 1.54) is 0 Å². The van der Waals surface area contributed by atoms with Gasteiger partial charge in [0.15, 0.2) is 0 Å². The van der Waals surface area contributed by atoms with Crippen molar-refractivity contribution in [2.75, 3.05) is 5.88 Å². The molecule has 0 nitrogen and oxygen atoms in total. The van der Waals surface area contributed by atoms with Crippen LogP contribution in [0.4, 0.5) is 0 Å². The first-order chi connectivity index (χ1) is 3.41. The lowest BCUT2D eigenvalue weighted by atomic mass is 10.3. The second-order valence-corrected chi connectivity index (χ2v) is 1.60. The smallest absolute Gasteiger partial charge is 0.0232 e. The second kappa shape index (κ2) is 5.85. The first-order valence-electron chi connectivity index (χ1n) is 2.37. The zero-order valence-corrected chi connectivity index (χ0v) is 5.26. The van der Waals surface area contributed by atoms with Crippen LogP contribution in [-0.4, -0.2) is 5.88 Å². The third kappa shape index (κ3) is 5.85. The van der Waals surface area contributed by atoms with E-state index in [9.17, 15) is 0 Å². The lowest BCUT2D eigenvalue weighted by Crippen LogP contribution is -1.69. The van der Waals surface area contributed by atoms with Gasteiger partial charge in [0.05, 0.1) is 0 Å². The minimum Gasteiger partial charge on any atom is -0.127 e. The SMILES string of the molecule is CC#CCCCCl. The Labute approximate surface area is 49.9 Å². The van der Waals surface area contributed by atoms with E-state index in [-0.39, 0.29) is 0 Å². The molecule has 0 saturated heterocycles. The molecule has 0 aliphatic carbocycles. The molecule has 0 radical (unpaired) electrons. The van der Waals surface area contributed by atoms with Crippen LogP contribution < -0.4 is 0 Å². The van der Waals surface area contributed by atoms with Crippen LogP contribution in [0, 0.1) is 11.8 Å². The molecule has 0 aromatic rings. The Bertz CT molecular complexity index is 75.9. The Hall–Kier alpha value is -0.150. The van der Waals surface area contributed by atoms with Gasteiger partial charge in [-0.05, 0) is 13.3 Å². The van der Waals surface area contributed by atoms with Crippen molar-refractivity contribution in [2.24, 2.45) is 0 Å². The maximum atomic E-state index is 5.37. The number of rotatable bonds is 2. The van der Waals surface area contributed by atoms with E-state index in [0.29, 0.717) is 0 Å². The molecule has 0 bridgehead atoms. The summed E-state index contributed by atoms with van der Waals surface area (Å²) in [6.45, 7) is 1.84. The van der Waals surface area contributed by atoms with E-state index in [1.54, 1.807) is 0 Å². The zero-order chi connectivity index (χ0) is 5.54. The summed E-state index contributed by atoms with van der Waals surface area (Å²) in [6.07, 6.45) is 1.96. The van der Waals surface area contributed by atoms with Gasteiger partial charge >= 0.3 is 0 Å². The second-order valence-electron chi connectivity index (χ2n) is 1.22. The molecule has 0 saturated carbocycles. The van der Waals surface area contributed by atoms with Crippen LogP contribution in [0.5, 0.6) is 0 Å². The van der Waals surface area contributed by atoms with E-state index in [2.05, 4.69) is 11.8 Å². The molecule has 0 N–H and O–H groups in total. The first kappa shape index (κ1) is 6.85. The Morgan fingerprint density at radius 2 is 2.29 bits per heavy atom. The molecule has 0 unspecified atom stereocenters. The van der Waals surface area contributed by atoms with Crippen molar-refractivity contribution < 1.29 is 0 Å². The van der Waals surface area contributed by atoms with Crippen LogP contribution in [-0.2, 0) is 0 Å². The summed E-state index contributed by atoms with van der Waals surface area (Å²) in [7, 11) is 0. The van der Waals surface area contributed by atoms with Gasteiger partial charge in [0.25, 0.3) is 0 Å². The Balaban J connectivity index is 2.78. The minimum atomic E-state index is 0.731. The summed E-state index contributed by atoms with van der Waals surface area (Å²) < 4.78 is 0. The number of alkyl halides is 1. The van der Waals surface area contributed by atoms with E-state index in [4.69, 9.17) is 11.6 Å². The van der Waals surface area contributed by atoms with E-state index < -0.39 is 0 Å². The highest BCUT2D eigenvalue weighted by atomic mass is 35.5. The van der Waals surface area contributed by atoms with E-state index in [0.717, 1.165) is 18.7 Å². The highest BCUT2D eigenvalue weighted by Gasteiger charge is 1.74. The first-order valence-corrected chi connectivity index (χ1v) is 2.91. The van der Waals surface area contributed by atoms with Crippen LogP contribution in [0.15, 0.2) is 0 Å². The normalized spacial score (nSPS) is 7.14. The van der Waals surface area contributed by atoms with Crippen molar-refractivity contribution >= 4 is 11.6 Å². The van der Waals surface area contributed by atoms with Crippen molar-refractivity contribution in [3.05, 3.63) is 0 Å². The van der Waals surface area contributed by atoms with Crippen molar-refractivity contribution in [3.63, 3.8) is 0 Å². The summed E-state index contributed by atoms with van der Waals surface area (Å²) in [5.41, 5.74) is 0. The van der Waals surface area contributed by atoms with Gasteiger partial charge < -0.3 is 0 Å². The fraction of sp³-hybridized carbons (Fsp3) is 0.667. The van der Waals surface area contributed by atoms with Crippen molar-refractivity contribution in [1.29, 1.82) is 0 Å². The molecule has 7 heavy (non-hydrogen) atoms. The van der Waals surface area contributed by atoms with Gasteiger partial charge in [0, 0.05) is 12.3 Å². The molecule has 0 aromatic carbocycles. The predicted molar refractivity (Wildman–Crippen MR) is 33.4 cm³/mol. The van der Waals surface area contributed by atoms with Gasteiger partial charge in [-0.1, -0.05) is 0 Å². The van der Waals surface area contributed by atoms with Crippen LogP contribution in [0.3, 0.4) is 0 Å². The summed E-state index contributed by atoms with van der Waals surface area (Å²) in [5.74, 6) is 6.44. The van der Waals surface area contributed by atoms with Gasteiger partial charge in [-0.25, -0.2) is 0 Å². The van der Waals surface area contributed by atoms with Gasteiger partial charge in [-0.15, -0.1) is 23.4 Å². The molecule has 0 aliphatic rings. The number of halogens is 1. The third-order valence-electron chi connectivity index (χ3n) is 0.612. The standard InChI is InChI=1S/C6H9Cl/c1-2-3-4-5-6-7/h4-6H2,1H3. The highest BCUT2D eigenvalue weighted by molar-refractivity contribution is 6.17. The topological polar surface area (TPSA) is 0 Å². The fourth-order valence-corrected chi connectivity index (χ4v) is 0.414. The molecular formula is C6H9Cl. The molecular weight excluding hydrogens is 108 g/mol. The van der Waals surface area contributed by atoms with Gasteiger partial charge in [-0.3, -0.25) is 0 Å². The average molecular weight is 117 g/mol. The van der Waals surface area contributed by atoms with Gasteiger partial charge in [0.1, 0.15) is 0 Å². The molecule has 0 amide bonds. The van der Waals surface area contributed by atoms with Gasteiger partial charge in [-0.2, -0.15) is 0 Å². The molecule has 0 aliphatic heterocycles. The molecule has 0 rings (SSSR count). The summed E-state index contributed by atoms with van der Waals surface area (Å²) in [6, 6.07) is 0. The third-order valence-corrected chi connectivity index (χ3v) is 0.879. The van der Waals surface area contributed by atoms with Crippen LogP contribution in [0.25, 0.3) is 0 Å². The van der Waals surface area contributed by atoms with Crippen molar-refractivity contribution in [3.8, 4) is 11.8 Å². The Morgan fingerprint density at radius 3 is 2.71 bits per heavy atom. The van der Waals surface area contributed by atoms with Crippen LogP contribution in [0.1, 0.15) is 19.8 Å². The molecule has 1 heteroatoms. The van der Waals surface area contributed by atoms with Crippen LogP contribution >= 0.6 is 11.6 Å². The largest absolute Gasteiger partial charge is 0.127 e. The molecule has 0 fully saturated rings. The quantitative estimate of drug-likeness (QED) is 0.294. The molecule has 40 valence electrons. The number of unbranched alkanes of at least 4 members (excludes halogenated alkanes) is 1. The maximum absolute atomic E-state index is 5.37. The summed E-state index contributed by atoms with van der Waals surface area (Å²) >= 11 is 5.37. The molecule has 0 aromatic heterocycles. The predicted octanol–water partition coefficient (Wildman–Crippen LogP) is 2.03. The fourth-order valence-electron chi connectivity index (χ4n) is 0.280. The van der Waals surface area contributed by atoms with Gasteiger partial charge in [0.2, 0.25) is 0 Å². The van der Waals surface area contributed by atoms with E-state index in [1.807, 2.05) is 6.92 Å². The Morgan fingerprint density at radius 1 is 1.57 bits per heavy atom. The summed E-state index contributed by atoms with van der Waals surface area (Å²) in [5, 5.41) is 0. The highest BCUT2D eigenvalue weighted by Crippen LogP contribution is 1.87. The zero-order valence-electron chi connectivity index (χ0n) is 4.50. The summed E-state index contributed by atoms with van der Waals surface area (Å²) in [4.78, 5) is 0. The lowest BCUT2D eigenvalue weighted by Gasteiger charge is -1.79. The minimum absolute atomic E-state index is 0.731. The Kier molecular flexibility index (Phi) is 5.72. The number of hydrogen-bond donors (Lipinski definition) is 0. The lowest BCUT2D eigenvalue weighted by molar-refractivity contribution is 0.991. The number of hydrogen-bond acceptors (Lipinski definition) is 0. The molecule has 0 heterocycles. The average Bonchev–Trinajstić information content (AvgIpc) is 1.69. The monoisotopic (exact) mass is 116 g/mol. The molecule has 0 spiro atoms. The van der Waals surface area contributed by atoms with Crippen molar-refractivity contribution in [2.45, 2.75) is 19.8 Å². The molecule has 0 atom stereocenters.